The monoisotopic (exact) mass is 405 g/mol. The molecule has 138 valence electrons. The van der Waals surface area contributed by atoms with Crippen molar-refractivity contribution in [2.75, 3.05) is 5.32 Å². The summed E-state index contributed by atoms with van der Waals surface area (Å²) in [6.45, 7) is 0.118. The molecule has 0 bridgehead atoms. The normalized spacial score (nSPS) is 10.5. The summed E-state index contributed by atoms with van der Waals surface area (Å²) in [5.41, 5.74) is 6.96. The second kappa shape index (κ2) is 8.24. The number of benzene rings is 2. The molecule has 0 saturated heterocycles. The molecule has 3 rings (SSSR count). The highest BCUT2D eigenvalue weighted by molar-refractivity contribution is 6.44. The lowest BCUT2D eigenvalue weighted by Crippen LogP contribution is -2.20. The highest BCUT2D eigenvalue weighted by Gasteiger charge is 2.19. The minimum Gasteiger partial charge on any atom is -0.487 e. The lowest BCUT2D eigenvalue weighted by atomic mass is 10.1. The Kier molecular flexibility index (Phi) is 5.78. The van der Waals surface area contributed by atoms with Crippen LogP contribution in [-0.4, -0.2) is 11.0 Å². The standard InChI is InChI=1S/C19H14Cl2FN3O2/c20-13-6-7-14(25-19(23)26)16(17(13)21)18-15(5-2-8-24-18)27-10-11-3-1-4-12(22)9-11/h1-9H,10H2,(H3,23,25,26). The number of carbonyl (C=O) groups is 1. The first-order valence-corrected chi connectivity index (χ1v) is 8.58. The fraction of sp³-hybridized carbons (Fsp3) is 0.0526. The van der Waals surface area contributed by atoms with E-state index >= 15 is 0 Å². The summed E-state index contributed by atoms with van der Waals surface area (Å²) < 4.78 is 19.2. The van der Waals surface area contributed by atoms with Gasteiger partial charge in [-0.05, 0) is 42.0 Å². The average molecular weight is 406 g/mol. The van der Waals surface area contributed by atoms with E-state index in [4.69, 9.17) is 33.7 Å². The number of pyridine rings is 1. The van der Waals surface area contributed by atoms with E-state index in [0.29, 0.717) is 28.3 Å². The van der Waals surface area contributed by atoms with Gasteiger partial charge in [-0.3, -0.25) is 4.98 Å². The number of aromatic nitrogens is 1. The van der Waals surface area contributed by atoms with Gasteiger partial charge < -0.3 is 15.8 Å². The van der Waals surface area contributed by atoms with E-state index in [0.717, 1.165) is 0 Å². The Hall–Kier alpha value is -2.83. The zero-order valence-corrected chi connectivity index (χ0v) is 15.4. The van der Waals surface area contributed by atoms with Crippen LogP contribution >= 0.6 is 23.2 Å². The van der Waals surface area contributed by atoms with E-state index in [1.807, 2.05) is 0 Å². The Morgan fingerprint density at radius 1 is 1.19 bits per heavy atom. The van der Waals surface area contributed by atoms with Gasteiger partial charge in [0, 0.05) is 11.8 Å². The number of ether oxygens (including phenoxy) is 1. The fourth-order valence-corrected chi connectivity index (χ4v) is 2.91. The summed E-state index contributed by atoms with van der Waals surface area (Å²) >= 11 is 12.5. The average Bonchev–Trinajstić information content (AvgIpc) is 2.63. The lowest BCUT2D eigenvalue weighted by molar-refractivity contribution is 0.259. The van der Waals surface area contributed by atoms with Crippen molar-refractivity contribution >= 4 is 34.9 Å². The van der Waals surface area contributed by atoms with Crippen molar-refractivity contribution in [3.63, 3.8) is 0 Å². The molecule has 3 N–H and O–H groups in total. The van der Waals surface area contributed by atoms with Crippen molar-refractivity contribution in [2.24, 2.45) is 5.73 Å². The van der Waals surface area contributed by atoms with Crippen LogP contribution < -0.4 is 15.8 Å². The molecule has 0 fully saturated rings. The van der Waals surface area contributed by atoms with Crippen molar-refractivity contribution in [2.45, 2.75) is 6.61 Å². The third-order valence-corrected chi connectivity index (χ3v) is 4.45. The second-order valence-electron chi connectivity index (χ2n) is 5.54. The van der Waals surface area contributed by atoms with Crippen LogP contribution in [0.3, 0.4) is 0 Å². The molecule has 1 heterocycles. The number of nitrogens with two attached hydrogens (primary N) is 1. The molecule has 0 unspecified atom stereocenters. The maximum Gasteiger partial charge on any atom is 0.316 e. The van der Waals surface area contributed by atoms with Gasteiger partial charge in [0.15, 0.2) is 0 Å². The zero-order chi connectivity index (χ0) is 19.4. The first kappa shape index (κ1) is 18.9. The predicted octanol–water partition coefficient (Wildman–Crippen LogP) is 5.26. The first-order chi connectivity index (χ1) is 13.0. The number of carbonyl (C=O) groups excluding carboxylic acids is 1. The van der Waals surface area contributed by atoms with Gasteiger partial charge in [-0.15, -0.1) is 0 Å². The van der Waals surface area contributed by atoms with E-state index < -0.39 is 6.03 Å². The summed E-state index contributed by atoms with van der Waals surface area (Å²) in [5.74, 6) is 0.0341. The van der Waals surface area contributed by atoms with Crippen LogP contribution in [-0.2, 0) is 6.61 Å². The predicted molar refractivity (Wildman–Crippen MR) is 104 cm³/mol. The van der Waals surface area contributed by atoms with E-state index in [9.17, 15) is 9.18 Å². The molecule has 5 nitrogen and oxygen atoms in total. The third-order valence-electron chi connectivity index (χ3n) is 3.64. The number of amides is 2. The third kappa shape index (κ3) is 4.48. The van der Waals surface area contributed by atoms with E-state index in [2.05, 4.69) is 10.3 Å². The summed E-state index contributed by atoms with van der Waals surface area (Å²) in [7, 11) is 0. The van der Waals surface area contributed by atoms with Crippen LogP contribution in [0.2, 0.25) is 10.0 Å². The van der Waals surface area contributed by atoms with Gasteiger partial charge in [0.2, 0.25) is 0 Å². The lowest BCUT2D eigenvalue weighted by Gasteiger charge is -2.16. The second-order valence-corrected chi connectivity index (χ2v) is 6.33. The van der Waals surface area contributed by atoms with Crippen LogP contribution in [0.5, 0.6) is 5.75 Å². The molecule has 0 atom stereocenters. The van der Waals surface area contributed by atoms with Crippen molar-refractivity contribution in [1.29, 1.82) is 0 Å². The maximum atomic E-state index is 13.4. The summed E-state index contributed by atoms with van der Waals surface area (Å²) in [5, 5.41) is 2.97. The van der Waals surface area contributed by atoms with Crippen LogP contribution in [0.15, 0.2) is 54.7 Å². The maximum absolute atomic E-state index is 13.4. The SMILES string of the molecule is NC(=O)Nc1ccc(Cl)c(Cl)c1-c1ncccc1OCc1cccc(F)c1. The molecular weight excluding hydrogens is 392 g/mol. The minimum absolute atomic E-state index is 0.118. The fourth-order valence-electron chi connectivity index (χ4n) is 2.50. The number of nitrogens with zero attached hydrogens (tertiary/aromatic N) is 1. The van der Waals surface area contributed by atoms with Crippen LogP contribution in [0, 0.1) is 5.82 Å². The molecule has 1 aromatic heterocycles. The smallest absolute Gasteiger partial charge is 0.316 e. The zero-order valence-electron chi connectivity index (χ0n) is 13.9. The van der Waals surface area contributed by atoms with Gasteiger partial charge in [-0.25, -0.2) is 9.18 Å². The number of hydrogen-bond acceptors (Lipinski definition) is 3. The summed E-state index contributed by atoms with van der Waals surface area (Å²) in [4.78, 5) is 15.6. The molecular formula is C19H14Cl2FN3O2. The molecule has 0 spiro atoms. The van der Waals surface area contributed by atoms with Gasteiger partial charge in [-0.1, -0.05) is 35.3 Å². The summed E-state index contributed by atoms with van der Waals surface area (Å²) in [6.07, 6.45) is 1.55. The van der Waals surface area contributed by atoms with E-state index in [-0.39, 0.29) is 22.5 Å². The number of nitrogens with one attached hydrogen (secondary N) is 1. The van der Waals surface area contributed by atoms with Crippen LogP contribution in [0.25, 0.3) is 11.3 Å². The molecule has 0 aliphatic heterocycles. The Labute approximate surface area is 164 Å². The molecule has 27 heavy (non-hydrogen) atoms. The number of hydrogen-bond donors (Lipinski definition) is 2. The van der Waals surface area contributed by atoms with Gasteiger partial charge in [0.25, 0.3) is 0 Å². The van der Waals surface area contributed by atoms with Gasteiger partial charge >= 0.3 is 6.03 Å². The number of halogens is 3. The molecule has 3 aromatic rings. The molecule has 0 aliphatic carbocycles. The topological polar surface area (TPSA) is 77.2 Å². The molecule has 2 aromatic carbocycles. The molecule has 0 radical (unpaired) electrons. The van der Waals surface area contributed by atoms with Crippen molar-refractivity contribution in [3.8, 4) is 17.0 Å². The molecule has 2 amide bonds. The molecule has 0 aliphatic rings. The van der Waals surface area contributed by atoms with Gasteiger partial charge in [0.1, 0.15) is 23.9 Å². The number of anilines is 1. The Bertz CT molecular complexity index is 998. The van der Waals surface area contributed by atoms with Gasteiger partial charge in [0.05, 0.1) is 15.7 Å². The highest BCUT2D eigenvalue weighted by atomic mass is 35.5. The Morgan fingerprint density at radius 2 is 2.00 bits per heavy atom. The van der Waals surface area contributed by atoms with Crippen LogP contribution in [0.4, 0.5) is 14.9 Å². The van der Waals surface area contributed by atoms with Crippen LogP contribution in [0.1, 0.15) is 5.56 Å². The van der Waals surface area contributed by atoms with Crippen molar-refractivity contribution in [3.05, 3.63) is 76.2 Å². The number of primary amides is 1. The first-order valence-electron chi connectivity index (χ1n) is 7.83. The largest absolute Gasteiger partial charge is 0.487 e. The molecule has 0 saturated carbocycles. The Morgan fingerprint density at radius 3 is 2.74 bits per heavy atom. The quantitative estimate of drug-likeness (QED) is 0.607. The van der Waals surface area contributed by atoms with Gasteiger partial charge in [-0.2, -0.15) is 0 Å². The van der Waals surface area contributed by atoms with E-state index in [1.165, 1.54) is 18.2 Å². The van der Waals surface area contributed by atoms with Crippen molar-refractivity contribution in [1.82, 2.24) is 4.98 Å². The minimum atomic E-state index is -0.757. The highest BCUT2D eigenvalue weighted by Crippen LogP contribution is 2.42. The number of urea groups is 1. The molecule has 8 heteroatoms. The van der Waals surface area contributed by atoms with Crippen molar-refractivity contribution < 1.29 is 13.9 Å². The summed E-state index contributed by atoms with van der Waals surface area (Å²) in [6, 6.07) is 11.8. The van der Waals surface area contributed by atoms with E-state index in [1.54, 1.807) is 36.5 Å². The number of rotatable bonds is 5. The Balaban J connectivity index is 2.01.